The predicted molar refractivity (Wildman–Crippen MR) is 83.0 cm³/mol. The fourth-order valence-corrected chi connectivity index (χ4v) is 2.35. The number of hydrogen-bond donors (Lipinski definition) is 3. The van der Waals surface area contributed by atoms with Crippen LogP contribution in [0.2, 0.25) is 0 Å². The van der Waals surface area contributed by atoms with Crippen LogP contribution in [0.1, 0.15) is 20.0 Å². The van der Waals surface area contributed by atoms with Crippen molar-refractivity contribution in [2.24, 2.45) is 5.73 Å². The molecule has 1 aromatic heterocycles. The second-order valence-corrected chi connectivity index (χ2v) is 5.15. The molecule has 0 radical (unpaired) electrons. The van der Waals surface area contributed by atoms with Crippen molar-refractivity contribution in [2.75, 3.05) is 5.32 Å². The average molecular weight is 305 g/mol. The minimum absolute atomic E-state index is 0.108. The number of thiophene rings is 1. The molecule has 2 aromatic rings. The van der Waals surface area contributed by atoms with E-state index in [9.17, 15) is 9.59 Å². The van der Waals surface area contributed by atoms with E-state index in [4.69, 9.17) is 18.0 Å². The molecule has 0 spiro atoms. The van der Waals surface area contributed by atoms with E-state index in [2.05, 4.69) is 10.6 Å². The lowest BCUT2D eigenvalue weighted by Gasteiger charge is -2.11. The van der Waals surface area contributed by atoms with Gasteiger partial charge < -0.3 is 11.1 Å². The molecule has 0 aliphatic heterocycles. The molecule has 2 rings (SSSR count). The molecule has 0 atom stereocenters. The Morgan fingerprint density at radius 2 is 1.90 bits per heavy atom. The Morgan fingerprint density at radius 1 is 1.15 bits per heavy atom. The van der Waals surface area contributed by atoms with E-state index in [0.717, 1.165) is 0 Å². The van der Waals surface area contributed by atoms with Gasteiger partial charge in [0.2, 0.25) is 0 Å². The van der Waals surface area contributed by atoms with Crippen molar-refractivity contribution in [2.45, 2.75) is 0 Å². The van der Waals surface area contributed by atoms with Gasteiger partial charge in [-0.25, -0.2) is 0 Å². The number of benzene rings is 1. The molecular formula is C13H11N3O2S2. The summed E-state index contributed by atoms with van der Waals surface area (Å²) in [4.78, 5) is 23.6. The summed E-state index contributed by atoms with van der Waals surface area (Å²) in [6, 6.07) is 10.1. The van der Waals surface area contributed by atoms with Crippen LogP contribution in [0.5, 0.6) is 0 Å². The minimum Gasteiger partial charge on any atom is -0.366 e. The SMILES string of the molecule is NC(=O)c1ccccc1NC(=S)NC(=O)c1cccs1. The average Bonchev–Trinajstić information content (AvgIpc) is 2.92. The Bertz CT molecular complexity index is 653. The third-order valence-electron chi connectivity index (χ3n) is 2.41. The number of hydrogen-bond acceptors (Lipinski definition) is 4. The third-order valence-corrected chi connectivity index (χ3v) is 3.49. The van der Waals surface area contributed by atoms with Crippen molar-refractivity contribution >= 4 is 46.2 Å². The van der Waals surface area contributed by atoms with Crippen LogP contribution in [0.15, 0.2) is 41.8 Å². The number of amides is 2. The molecule has 0 aliphatic rings. The van der Waals surface area contributed by atoms with E-state index < -0.39 is 5.91 Å². The highest BCUT2D eigenvalue weighted by molar-refractivity contribution is 7.80. The summed E-state index contributed by atoms with van der Waals surface area (Å²) in [7, 11) is 0. The van der Waals surface area contributed by atoms with Gasteiger partial charge in [0, 0.05) is 0 Å². The topological polar surface area (TPSA) is 84.2 Å². The van der Waals surface area contributed by atoms with Crippen LogP contribution in [0, 0.1) is 0 Å². The lowest BCUT2D eigenvalue weighted by molar-refractivity contribution is 0.0979. The first-order chi connectivity index (χ1) is 9.58. The smallest absolute Gasteiger partial charge is 0.267 e. The predicted octanol–water partition coefficient (Wildman–Crippen LogP) is 1.97. The molecule has 7 heteroatoms. The van der Waals surface area contributed by atoms with Crippen LogP contribution in [-0.2, 0) is 0 Å². The van der Waals surface area contributed by atoms with Gasteiger partial charge in [-0.2, -0.15) is 0 Å². The summed E-state index contributed by atoms with van der Waals surface area (Å²) in [6.45, 7) is 0. The number of para-hydroxylation sites is 1. The zero-order chi connectivity index (χ0) is 14.5. The zero-order valence-electron chi connectivity index (χ0n) is 10.3. The lowest BCUT2D eigenvalue weighted by atomic mass is 10.1. The molecule has 20 heavy (non-hydrogen) atoms. The number of anilines is 1. The van der Waals surface area contributed by atoms with E-state index in [1.54, 1.807) is 41.8 Å². The largest absolute Gasteiger partial charge is 0.366 e. The van der Waals surface area contributed by atoms with Crippen molar-refractivity contribution in [3.63, 3.8) is 0 Å². The Morgan fingerprint density at radius 3 is 2.55 bits per heavy atom. The third kappa shape index (κ3) is 3.40. The van der Waals surface area contributed by atoms with Gasteiger partial charge in [-0.05, 0) is 35.8 Å². The van der Waals surface area contributed by atoms with E-state index in [0.29, 0.717) is 16.1 Å². The number of carbonyl (C=O) groups excluding carboxylic acids is 2. The maximum absolute atomic E-state index is 11.8. The summed E-state index contributed by atoms with van der Waals surface area (Å²) in [5.74, 6) is -0.866. The van der Waals surface area contributed by atoms with Crippen molar-refractivity contribution < 1.29 is 9.59 Å². The summed E-state index contributed by atoms with van der Waals surface area (Å²) in [5, 5.41) is 7.23. The highest BCUT2D eigenvalue weighted by Gasteiger charge is 2.11. The molecule has 0 saturated carbocycles. The summed E-state index contributed by atoms with van der Waals surface area (Å²) in [5.41, 5.74) is 6.02. The molecular weight excluding hydrogens is 294 g/mol. The number of thiocarbonyl (C=S) groups is 1. The number of primary amides is 1. The second-order valence-electron chi connectivity index (χ2n) is 3.80. The van der Waals surface area contributed by atoms with Crippen LogP contribution in [0.25, 0.3) is 0 Å². The first-order valence-electron chi connectivity index (χ1n) is 5.62. The molecule has 0 fully saturated rings. The summed E-state index contributed by atoms with van der Waals surface area (Å²) in [6.07, 6.45) is 0. The molecule has 5 nitrogen and oxygen atoms in total. The Labute approximate surface area is 124 Å². The van der Waals surface area contributed by atoms with Crippen molar-refractivity contribution in [3.05, 3.63) is 52.2 Å². The van der Waals surface area contributed by atoms with Crippen molar-refractivity contribution in [3.8, 4) is 0 Å². The van der Waals surface area contributed by atoms with Crippen molar-refractivity contribution in [1.29, 1.82) is 0 Å². The number of nitrogens with one attached hydrogen (secondary N) is 2. The quantitative estimate of drug-likeness (QED) is 0.757. The summed E-state index contributed by atoms with van der Waals surface area (Å²) < 4.78 is 0. The van der Waals surface area contributed by atoms with Gasteiger partial charge >= 0.3 is 0 Å². The highest BCUT2D eigenvalue weighted by Crippen LogP contribution is 2.14. The minimum atomic E-state index is -0.569. The molecule has 0 saturated heterocycles. The van der Waals surface area contributed by atoms with Crippen molar-refractivity contribution in [1.82, 2.24) is 5.32 Å². The second kappa shape index (κ2) is 6.27. The van der Waals surface area contributed by atoms with Gasteiger partial charge in [0.05, 0.1) is 16.1 Å². The fourth-order valence-electron chi connectivity index (χ4n) is 1.53. The van der Waals surface area contributed by atoms with Crippen LogP contribution in [0.4, 0.5) is 5.69 Å². The van der Waals surface area contributed by atoms with E-state index >= 15 is 0 Å². The van der Waals surface area contributed by atoms with E-state index in [1.807, 2.05) is 0 Å². The molecule has 1 heterocycles. The monoisotopic (exact) mass is 305 g/mol. The van der Waals surface area contributed by atoms with Gasteiger partial charge in [0.1, 0.15) is 0 Å². The molecule has 1 aromatic carbocycles. The Balaban J connectivity index is 2.05. The fraction of sp³-hybridized carbons (Fsp3) is 0. The zero-order valence-corrected chi connectivity index (χ0v) is 11.9. The molecule has 2 amide bonds. The molecule has 4 N–H and O–H groups in total. The summed E-state index contributed by atoms with van der Waals surface area (Å²) >= 11 is 6.36. The van der Waals surface area contributed by atoms with Crippen LogP contribution in [0.3, 0.4) is 0 Å². The molecule has 102 valence electrons. The van der Waals surface area contributed by atoms with E-state index in [-0.39, 0.29) is 11.0 Å². The van der Waals surface area contributed by atoms with Crippen LogP contribution < -0.4 is 16.4 Å². The molecule has 0 aliphatic carbocycles. The maximum Gasteiger partial charge on any atom is 0.267 e. The van der Waals surface area contributed by atoms with Gasteiger partial charge in [-0.15, -0.1) is 11.3 Å². The van der Waals surface area contributed by atoms with Gasteiger partial charge in [0.15, 0.2) is 5.11 Å². The Hall–Kier alpha value is -2.25. The first kappa shape index (κ1) is 14.2. The molecule has 0 bridgehead atoms. The first-order valence-corrected chi connectivity index (χ1v) is 6.91. The lowest BCUT2D eigenvalue weighted by Crippen LogP contribution is -2.34. The molecule has 0 unspecified atom stereocenters. The normalized spacial score (nSPS) is 9.80. The van der Waals surface area contributed by atoms with E-state index in [1.165, 1.54) is 11.3 Å². The number of carbonyl (C=O) groups is 2. The Kier molecular flexibility index (Phi) is 4.44. The number of nitrogens with two attached hydrogens (primary N) is 1. The highest BCUT2D eigenvalue weighted by atomic mass is 32.1. The van der Waals surface area contributed by atoms with Crippen LogP contribution >= 0.6 is 23.6 Å². The van der Waals surface area contributed by atoms with Gasteiger partial charge in [0.25, 0.3) is 11.8 Å². The van der Waals surface area contributed by atoms with Gasteiger partial charge in [-0.3, -0.25) is 14.9 Å². The maximum atomic E-state index is 11.8. The standard InChI is InChI=1S/C13H11N3O2S2/c14-11(17)8-4-1-2-5-9(8)15-13(19)16-12(18)10-6-3-7-20-10/h1-7H,(H2,14,17)(H2,15,16,18,19). The van der Waals surface area contributed by atoms with Crippen LogP contribution in [-0.4, -0.2) is 16.9 Å². The van der Waals surface area contributed by atoms with Gasteiger partial charge in [-0.1, -0.05) is 18.2 Å². The number of rotatable bonds is 3.